The molecule has 0 aliphatic carbocycles. The van der Waals surface area contributed by atoms with E-state index in [1.807, 2.05) is 19.9 Å². The molecule has 1 aromatic rings. The highest BCUT2D eigenvalue weighted by Gasteiger charge is 2.21. The lowest BCUT2D eigenvalue weighted by molar-refractivity contribution is -0.138. The summed E-state index contributed by atoms with van der Waals surface area (Å²) in [5, 5.41) is 20.9. The van der Waals surface area contributed by atoms with E-state index in [0.29, 0.717) is 16.3 Å². The van der Waals surface area contributed by atoms with Crippen LogP contribution in [0.1, 0.15) is 19.4 Å². The van der Waals surface area contributed by atoms with Crippen LogP contribution < -0.4 is 5.32 Å². The van der Waals surface area contributed by atoms with Gasteiger partial charge in [-0.1, -0.05) is 25.4 Å². The van der Waals surface area contributed by atoms with Gasteiger partial charge in [0.2, 0.25) is 0 Å². The van der Waals surface area contributed by atoms with Crippen molar-refractivity contribution >= 4 is 23.3 Å². The highest BCUT2D eigenvalue weighted by molar-refractivity contribution is 6.32. The highest BCUT2D eigenvalue weighted by Crippen LogP contribution is 2.21. The van der Waals surface area contributed by atoms with E-state index in [1.165, 1.54) is 0 Å². The summed E-state index contributed by atoms with van der Waals surface area (Å²) in [6.07, 6.45) is 0. The summed E-state index contributed by atoms with van der Waals surface area (Å²) in [7, 11) is 0. The molecule has 1 rings (SSSR count). The van der Waals surface area contributed by atoms with Crippen molar-refractivity contribution in [2.24, 2.45) is 5.92 Å². The summed E-state index contributed by atoms with van der Waals surface area (Å²) in [5.74, 6) is -0.970. The minimum Gasteiger partial charge on any atom is -0.480 e. The fourth-order valence-corrected chi connectivity index (χ4v) is 1.61. The molecule has 1 atom stereocenters. The molecule has 1 aromatic carbocycles. The predicted octanol–water partition coefficient (Wildman–Crippen LogP) is 2.73. The molecule has 0 aliphatic heterocycles. The normalized spacial score (nSPS) is 11.9. The molecular weight excluding hydrogens is 240 g/mol. The summed E-state index contributed by atoms with van der Waals surface area (Å²) in [4.78, 5) is 11.0. The Balaban J connectivity index is 2.92. The fraction of sp³-hybridized carbons (Fsp3) is 0.333. The smallest absolute Gasteiger partial charge is 0.326 e. The largest absolute Gasteiger partial charge is 0.480 e. The maximum Gasteiger partial charge on any atom is 0.326 e. The van der Waals surface area contributed by atoms with Crippen LogP contribution in [0.4, 0.5) is 5.69 Å². The van der Waals surface area contributed by atoms with Crippen molar-refractivity contribution in [2.75, 3.05) is 5.32 Å². The number of hydrogen-bond acceptors (Lipinski definition) is 3. The van der Waals surface area contributed by atoms with Gasteiger partial charge in [0.15, 0.2) is 0 Å². The van der Waals surface area contributed by atoms with Crippen LogP contribution in [-0.4, -0.2) is 17.1 Å². The molecule has 2 N–H and O–H groups in total. The zero-order valence-corrected chi connectivity index (χ0v) is 10.3. The van der Waals surface area contributed by atoms with Gasteiger partial charge in [0, 0.05) is 5.69 Å². The van der Waals surface area contributed by atoms with E-state index in [4.69, 9.17) is 22.0 Å². The second kappa shape index (κ2) is 5.55. The molecule has 0 aromatic heterocycles. The second-order valence-electron chi connectivity index (χ2n) is 4.01. The zero-order valence-electron chi connectivity index (χ0n) is 9.57. The van der Waals surface area contributed by atoms with Crippen molar-refractivity contribution in [1.29, 1.82) is 5.26 Å². The summed E-state index contributed by atoms with van der Waals surface area (Å²) >= 11 is 5.86. The van der Waals surface area contributed by atoms with E-state index in [2.05, 4.69) is 5.32 Å². The number of benzene rings is 1. The van der Waals surface area contributed by atoms with Crippen LogP contribution in [0.5, 0.6) is 0 Å². The van der Waals surface area contributed by atoms with Crippen LogP contribution in [0, 0.1) is 17.2 Å². The maximum absolute atomic E-state index is 11.0. The number of nitriles is 1. The number of carbonyl (C=O) groups is 1. The molecule has 17 heavy (non-hydrogen) atoms. The topological polar surface area (TPSA) is 73.1 Å². The van der Waals surface area contributed by atoms with Gasteiger partial charge in [0.05, 0.1) is 10.6 Å². The maximum atomic E-state index is 11.0. The van der Waals surface area contributed by atoms with Crippen LogP contribution >= 0.6 is 11.6 Å². The Morgan fingerprint density at radius 2 is 2.18 bits per heavy atom. The minimum atomic E-state index is -0.916. The first kappa shape index (κ1) is 13.3. The number of anilines is 1. The lowest BCUT2D eigenvalue weighted by Crippen LogP contribution is -2.34. The van der Waals surface area contributed by atoms with Crippen molar-refractivity contribution < 1.29 is 9.90 Å². The molecule has 0 bridgehead atoms. The number of nitrogens with one attached hydrogen (secondary N) is 1. The molecule has 5 heteroatoms. The Labute approximate surface area is 105 Å². The first-order chi connectivity index (χ1) is 7.95. The van der Waals surface area contributed by atoms with E-state index in [1.54, 1.807) is 18.2 Å². The molecule has 0 radical (unpaired) electrons. The standard InChI is InChI=1S/C12H13ClN2O2/c1-7(2)11(12(16)17)15-9-4-3-8(6-14)10(13)5-9/h3-5,7,11,15H,1-2H3,(H,16,17)/t11-/m1/s1. The molecule has 0 saturated carbocycles. The zero-order chi connectivity index (χ0) is 13.0. The Hall–Kier alpha value is -1.73. The third-order valence-electron chi connectivity index (χ3n) is 2.34. The van der Waals surface area contributed by atoms with Crippen LogP contribution in [0.2, 0.25) is 5.02 Å². The van der Waals surface area contributed by atoms with Gasteiger partial charge in [-0.15, -0.1) is 0 Å². The van der Waals surface area contributed by atoms with Crippen LogP contribution in [-0.2, 0) is 4.79 Å². The summed E-state index contributed by atoms with van der Waals surface area (Å²) < 4.78 is 0. The Kier molecular flexibility index (Phi) is 4.36. The van der Waals surface area contributed by atoms with E-state index >= 15 is 0 Å². The fourth-order valence-electron chi connectivity index (χ4n) is 1.39. The molecular formula is C12H13ClN2O2. The Bertz CT molecular complexity index is 466. The lowest BCUT2D eigenvalue weighted by atomic mass is 10.0. The van der Waals surface area contributed by atoms with Gasteiger partial charge < -0.3 is 10.4 Å². The number of carboxylic acid groups (broad SMARTS) is 1. The number of carboxylic acids is 1. The van der Waals surface area contributed by atoms with Gasteiger partial charge in [0.1, 0.15) is 12.1 Å². The van der Waals surface area contributed by atoms with Gasteiger partial charge in [-0.2, -0.15) is 5.26 Å². The first-order valence-electron chi connectivity index (χ1n) is 5.14. The molecule has 0 spiro atoms. The van der Waals surface area contributed by atoms with Gasteiger partial charge in [0.25, 0.3) is 0 Å². The van der Waals surface area contributed by atoms with Crippen LogP contribution in [0.25, 0.3) is 0 Å². The summed E-state index contributed by atoms with van der Waals surface area (Å²) in [6, 6.07) is 6.02. The quantitative estimate of drug-likeness (QED) is 0.864. The van der Waals surface area contributed by atoms with Gasteiger partial charge in [-0.05, 0) is 24.1 Å². The monoisotopic (exact) mass is 252 g/mol. The highest BCUT2D eigenvalue weighted by atomic mass is 35.5. The third kappa shape index (κ3) is 3.36. The van der Waals surface area contributed by atoms with Gasteiger partial charge in [-0.25, -0.2) is 4.79 Å². The average molecular weight is 253 g/mol. The average Bonchev–Trinajstić information content (AvgIpc) is 2.25. The van der Waals surface area contributed by atoms with Crippen molar-refractivity contribution in [3.8, 4) is 6.07 Å². The predicted molar refractivity (Wildman–Crippen MR) is 66.1 cm³/mol. The molecule has 0 aliphatic rings. The van der Waals surface area contributed by atoms with Crippen molar-refractivity contribution in [1.82, 2.24) is 0 Å². The van der Waals surface area contributed by atoms with E-state index in [0.717, 1.165) is 0 Å². The van der Waals surface area contributed by atoms with E-state index < -0.39 is 12.0 Å². The minimum absolute atomic E-state index is 0.0538. The SMILES string of the molecule is CC(C)[C@@H](Nc1ccc(C#N)c(Cl)c1)C(=O)O. The third-order valence-corrected chi connectivity index (χ3v) is 2.66. The number of nitrogens with zero attached hydrogens (tertiary/aromatic N) is 1. The Morgan fingerprint density at radius 1 is 1.53 bits per heavy atom. The number of aliphatic carboxylic acids is 1. The number of rotatable bonds is 4. The summed E-state index contributed by atoms with van der Waals surface area (Å²) in [6.45, 7) is 3.63. The van der Waals surface area contributed by atoms with Crippen molar-refractivity contribution in [3.63, 3.8) is 0 Å². The van der Waals surface area contributed by atoms with Gasteiger partial charge >= 0.3 is 5.97 Å². The first-order valence-corrected chi connectivity index (χ1v) is 5.52. The van der Waals surface area contributed by atoms with Crippen molar-refractivity contribution in [2.45, 2.75) is 19.9 Å². The number of halogens is 1. The molecule has 90 valence electrons. The van der Waals surface area contributed by atoms with E-state index in [-0.39, 0.29) is 5.92 Å². The molecule has 0 saturated heterocycles. The van der Waals surface area contributed by atoms with Crippen LogP contribution in [0.3, 0.4) is 0 Å². The molecule has 4 nitrogen and oxygen atoms in total. The molecule has 0 fully saturated rings. The lowest BCUT2D eigenvalue weighted by Gasteiger charge is -2.19. The van der Waals surface area contributed by atoms with Crippen molar-refractivity contribution in [3.05, 3.63) is 28.8 Å². The summed E-state index contributed by atoms with van der Waals surface area (Å²) in [5.41, 5.74) is 0.962. The Morgan fingerprint density at radius 3 is 2.59 bits per heavy atom. The van der Waals surface area contributed by atoms with E-state index in [9.17, 15) is 4.79 Å². The van der Waals surface area contributed by atoms with Crippen LogP contribution in [0.15, 0.2) is 18.2 Å². The molecule has 0 heterocycles. The molecule has 0 amide bonds. The number of hydrogen-bond donors (Lipinski definition) is 2. The molecule has 0 unspecified atom stereocenters. The second-order valence-corrected chi connectivity index (χ2v) is 4.42. The van der Waals surface area contributed by atoms with Gasteiger partial charge in [-0.3, -0.25) is 0 Å².